The van der Waals surface area contributed by atoms with Gasteiger partial charge < -0.3 is 9.64 Å². The molecule has 0 atom stereocenters. The minimum Gasteiger partial charge on any atom is -0.497 e. The van der Waals surface area contributed by atoms with Crippen molar-refractivity contribution in [3.63, 3.8) is 0 Å². The van der Waals surface area contributed by atoms with Gasteiger partial charge in [-0.15, -0.1) is 0 Å². The monoisotopic (exact) mass is 270 g/mol. The van der Waals surface area contributed by atoms with E-state index in [0.29, 0.717) is 12.1 Å². The second-order valence-electron chi connectivity index (χ2n) is 4.44. The normalized spacial score (nSPS) is 10.2. The van der Waals surface area contributed by atoms with E-state index in [1.165, 1.54) is 0 Å². The van der Waals surface area contributed by atoms with E-state index in [2.05, 4.69) is 4.98 Å². The van der Waals surface area contributed by atoms with Crippen molar-refractivity contribution in [3.8, 4) is 5.75 Å². The summed E-state index contributed by atoms with van der Waals surface area (Å²) in [6.07, 6.45) is 2.19. The summed E-state index contributed by atoms with van der Waals surface area (Å²) in [4.78, 5) is 17.8. The van der Waals surface area contributed by atoms with E-state index in [1.54, 1.807) is 19.4 Å². The molecule has 1 aromatic carbocycles. The third kappa shape index (κ3) is 2.96. The number of carbonyl (C=O) groups is 1. The van der Waals surface area contributed by atoms with Crippen LogP contribution in [0, 0.1) is 0 Å². The SMILES string of the molecule is CCC(=O)c1ccc(N(C)c2ccc(OC)cc2)cn1. The maximum absolute atomic E-state index is 11.5. The van der Waals surface area contributed by atoms with Crippen LogP contribution in [0.15, 0.2) is 42.6 Å². The number of Topliss-reactive ketones (excluding diaryl/α,β-unsaturated/α-hetero) is 1. The van der Waals surface area contributed by atoms with Crippen molar-refractivity contribution in [1.82, 2.24) is 4.98 Å². The lowest BCUT2D eigenvalue weighted by Gasteiger charge is -2.19. The molecule has 1 heterocycles. The highest BCUT2D eigenvalue weighted by Crippen LogP contribution is 2.25. The van der Waals surface area contributed by atoms with Gasteiger partial charge in [0.1, 0.15) is 11.4 Å². The molecule has 0 unspecified atom stereocenters. The first-order chi connectivity index (χ1) is 9.65. The number of hydrogen-bond donors (Lipinski definition) is 0. The lowest BCUT2D eigenvalue weighted by Crippen LogP contribution is -2.10. The number of ketones is 1. The van der Waals surface area contributed by atoms with Gasteiger partial charge in [0.25, 0.3) is 0 Å². The van der Waals surface area contributed by atoms with Gasteiger partial charge in [-0.1, -0.05) is 6.92 Å². The maximum Gasteiger partial charge on any atom is 0.180 e. The molecular weight excluding hydrogens is 252 g/mol. The van der Waals surface area contributed by atoms with Crippen molar-refractivity contribution in [2.75, 3.05) is 19.1 Å². The predicted octanol–water partition coefficient (Wildman–Crippen LogP) is 3.45. The summed E-state index contributed by atoms with van der Waals surface area (Å²) >= 11 is 0. The first-order valence-electron chi connectivity index (χ1n) is 6.52. The van der Waals surface area contributed by atoms with E-state index < -0.39 is 0 Å². The molecule has 4 nitrogen and oxygen atoms in total. The Labute approximate surface area is 119 Å². The zero-order chi connectivity index (χ0) is 14.5. The van der Waals surface area contributed by atoms with E-state index in [0.717, 1.165) is 17.1 Å². The molecule has 0 saturated heterocycles. The van der Waals surface area contributed by atoms with Gasteiger partial charge in [-0.3, -0.25) is 9.78 Å². The van der Waals surface area contributed by atoms with Crippen molar-refractivity contribution in [1.29, 1.82) is 0 Å². The fraction of sp³-hybridized carbons (Fsp3) is 0.250. The third-order valence-electron chi connectivity index (χ3n) is 3.20. The van der Waals surface area contributed by atoms with Crippen LogP contribution >= 0.6 is 0 Å². The van der Waals surface area contributed by atoms with Crippen LogP contribution in [-0.2, 0) is 0 Å². The van der Waals surface area contributed by atoms with Crippen LogP contribution in [0.3, 0.4) is 0 Å². The fourth-order valence-corrected chi connectivity index (χ4v) is 1.89. The summed E-state index contributed by atoms with van der Waals surface area (Å²) in [6, 6.07) is 11.4. The molecule has 4 heteroatoms. The van der Waals surface area contributed by atoms with Crippen LogP contribution < -0.4 is 9.64 Å². The number of hydrogen-bond acceptors (Lipinski definition) is 4. The van der Waals surface area contributed by atoms with Crippen LogP contribution in [-0.4, -0.2) is 24.9 Å². The predicted molar refractivity (Wildman–Crippen MR) is 79.9 cm³/mol. The average molecular weight is 270 g/mol. The number of rotatable bonds is 5. The standard InChI is InChI=1S/C16H18N2O2/c1-4-16(19)15-10-7-13(11-17-15)18(2)12-5-8-14(20-3)9-6-12/h5-11H,4H2,1-3H3. The molecule has 2 rings (SSSR count). The van der Waals surface area contributed by atoms with E-state index in [1.807, 2.05) is 49.2 Å². The van der Waals surface area contributed by atoms with Gasteiger partial charge in [-0.2, -0.15) is 0 Å². The van der Waals surface area contributed by atoms with Crippen LogP contribution in [0.1, 0.15) is 23.8 Å². The number of ether oxygens (including phenoxy) is 1. The summed E-state index contributed by atoms with van der Waals surface area (Å²) in [5.41, 5.74) is 2.48. The van der Waals surface area contributed by atoms with Gasteiger partial charge in [0.2, 0.25) is 0 Å². The second kappa shape index (κ2) is 6.19. The zero-order valence-corrected chi connectivity index (χ0v) is 12.0. The van der Waals surface area contributed by atoms with Gasteiger partial charge in [-0.25, -0.2) is 0 Å². The van der Waals surface area contributed by atoms with Crippen LogP contribution in [0.2, 0.25) is 0 Å². The van der Waals surface area contributed by atoms with Gasteiger partial charge >= 0.3 is 0 Å². The number of benzene rings is 1. The summed E-state index contributed by atoms with van der Waals surface area (Å²) in [6.45, 7) is 1.83. The number of nitrogens with zero attached hydrogens (tertiary/aromatic N) is 2. The van der Waals surface area contributed by atoms with Crippen molar-refractivity contribution >= 4 is 17.2 Å². The third-order valence-corrected chi connectivity index (χ3v) is 3.20. The van der Waals surface area contributed by atoms with E-state index >= 15 is 0 Å². The maximum atomic E-state index is 11.5. The number of anilines is 2. The number of carbonyl (C=O) groups excluding carboxylic acids is 1. The zero-order valence-electron chi connectivity index (χ0n) is 12.0. The van der Waals surface area contributed by atoms with Crippen molar-refractivity contribution in [2.45, 2.75) is 13.3 Å². The molecule has 0 saturated carbocycles. The van der Waals surface area contributed by atoms with Crippen molar-refractivity contribution < 1.29 is 9.53 Å². The Kier molecular flexibility index (Phi) is 4.35. The molecule has 0 aliphatic carbocycles. The Hall–Kier alpha value is -2.36. The van der Waals surface area contributed by atoms with Crippen LogP contribution in [0.25, 0.3) is 0 Å². The minimum atomic E-state index is 0.0589. The molecule has 0 bridgehead atoms. The summed E-state index contributed by atoms with van der Waals surface area (Å²) in [5, 5.41) is 0. The lowest BCUT2D eigenvalue weighted by atomic mass is 10.2. The second-order valence-corrected chi connectivity index (χ2v) is 4.44. The topological polar surface area (TPSA) is 42.4 Å². The summed E-state index contributed by atoms with van der Waals surface area (Å²) in [5.74, 6) is 0.882. The highest BCUT2D eigenvalue weighted by Gasteiger charge is 2.08. The first-order valence-corrected chi connectivity index (χ1v) is 6.52. The minimum absolute atomic E-state index is 0.0589. The van der Waals surface area contributed by atoms with Crippen molar-refractivity contribution in [3.05, 3.63) is 48.3 Å². The molecule has 0 spiro atoms. The molecule has 0 fully saturated rings. The molecule has 104 valence electrons. The number of pyridine rings is 1. The molecule has 20 heavy (non-hydrogen) atoms. The smallest absolute Gasteiger partial charge is 0.180 e. The lowest BCUT2D eigenvalue weighted by molar-refractivity contribution is 0.0983. The van der Waals surface area contributed by atoms with E-state index in [-0.39, 0.29) is 5.78 Å². The summed E-state index contributed by atoms with van der Waals surface area (Å²) < 4.78 is 5.14. The van der Waals surface area contributed by atoms with E-state index in [9.17, 15) is 4.79 Å². The molecular formula is C16H18N2O2. The molecule has 2 aromatic rings. The Morgan fingerprint density at radius 2 is 1.80 bits per heavy atom. The highest BCUT2D eigenvalue weighted by molar-refractivity contribution is 5.94. The molecule has 0 radical (unpaired) electrons. The Morgan fingerprint density at radius 1 is 1.15 bits per heavy atom. The van der Waals surface area contributed by atoms with Gasteiger partial charge in [0, 0.05) is 19.2 Å². The van der Waals surface area contributed by atoms with Crippen LogP contribution in [0.4, 0.5) is 11.4 Å². The molecule has 0 aliphatic rings. The van der Waals surface area contributed by atoms with Gasteiger partial charge in [0.15, 0.2) is 5.78 Å². The van der Waals surface area contributed by atoms with Gasteiger partial charge in [0.05, 0.1) is 19.0 Å². The molecule has 0 amide bonds. The first kappa shape index (κ1) is 14.1. The molecule has 1 aromatic heterocycles. The Bertz CT molecular complexity index is 576. The Morgan fingerprint density at radius 3 is 2.30 bits per heavy atom. The highest BCUT2D eigenvalue weighted by atomic mass is 16.5. The quantitative estimate of drug-likeness (QED) is 0.780. The Balaban J connectivity index is 2.19. The largest absolute Gasteiger partial charge is 0.497 e. The number of aromatic nitrogens is 1. The van der Waals surface area contributed by atoms with E-state index in [4.69, 9.17) is 4.74 Å². The molecule has 0 aliphatic heterocycles. The fourth-order valence-electron chi connectivity index (χ4n) is 1.89. The van der Waals surface area contributed by atoms with Crippen LogP contribution in [0.5, 0.6) is 5.75 Å². The molecule has 0 N–H and O–H groups in total. The summed E-state index contributed by atoms with van der Waals surface area (Å²) in [7, 11) is 3.60. The van der Waals surface area contributed by atoms with Gasteiger partial charge in [-0.05, 0) is 36.4 Å². The number of methoxy groups -OCH3 is 1. The average Bonchev–Trinajstić information content (AvgIpc) is 2.53. The van der Waals surface area contributed by atoms with Crippen molar-refractivity contribution in [2.24, 2.45) is 0 Å².